The van der Waals surface area contributed by atoms with Crippen LogP contribution in [0.15, 0.2) is 57.2 Å². The van der Waals surface area contributed by atoms with Crippen LogP contribution in [0.25, 0.3) is 0 Å². The second-order valence-electron chi connectivity index (χ2n) is 3.90. The standard InChI is InChI=1S/C15H13FO2S2/c1-2-19-12-8-5-9-13(14(12)15(17)18)20-11-7-4-3-6-10(11)16/h3-9H,2H2,1H3,(H,17,18). The molecule has 1 N–H and O–H groups in total. The van der Waals surface area contributed by atoms with Crippen molar-refractivity contribution in [1.29, 1.82) is 0 Å². The number of thioether (sulfide) groups is 1. The van der Waals surface area contributed by atoms with Gasteiger partial charge in [-0.05, 0) is 30.0 Å². The van der Waals surface area contributed by atoms with Crippen molar-refractivity contribution in [1.82, 2.24) is 0 Å². The first kappa shape index (κ1) is 14.9. The van der Waals surface area contributed by atoms with Gasteiger partial charge >= 0.3 is 5.97 Å². The number of carbonyl (C=O) groups is 1. The lowest BCUT2D eigenvalue weighted by atomic mass is 10.2. The van der Waals surface area contributed by atoms with Gasteiger partial charge < -0.3 is 5.11 Å². The van der Waals surface area contributed by atoms with Crippen LogP contribution in [0.2, 0.25) is 0 Å². The Morgan fingerprint density at radius 1 is 1.10 bits per heavy atom. The third-order valence-corrected chi connectivity index (χ3v) is 4.61. The van der Waals surface area contributed by atoms with Crippen molar-refractivity contribution in [3.05, 3.63) is 53.8 Å². The summed E-state index contributed by atoms with van der Waals surface area (Å²) in [6, 6.07) is 11.6. The van der Waals surface area contributed by atoms with E-state index in [-0.39, 0.29) is 11.4 Å². The van der Waals surface area contributed by atoms with Crippen LogP contribution in [0.4, 0.5) is 4.39 Å². The summed E-state index contributed by atoms with van der Waals surface area (Å²) in [4.78, 5) is 13.2. The molecule has 0 aliphatic carbocycles. The normalized spacial score (nSPS) is 10.5. The second kappa shape index (κ2) is 6.81. The van der Waals surface area contributed by atoms with Gasteiger partial charge in [0.1, 0.15) is 5.82 Å². The van der Waals surface area contributed by atoms with E-state index in [4.69, 9.17) is 0 Å². The van der Waals surface area contributed by atoms with Gasteiger partial charge in [0.15, 0.2) is 0 Å². The third-order valence-electron chi connectivity index (χ3n) is 2.56. The highest BCUT2D eigenvalue weighted by Crippen LogP contribution is 2.36. The monoisotopic (exact) mass is 308 g/mol. The minimum atomic E-state index is -0.986. The Labute approximate surface area is 125 Å². The van der Waals surface area contributed by atoms with Crippen molar-refractivity contribution in [3.63, 3.8) is 0 Å². The Bertz CT molecular complexity index is 629. The lowest BCUT2D eigenvalue weighted by molar-refractivity contribution is 0.0689. The van der Waals surface area contributed by atoms with Crippen LogP contribution in [-0.4, -0.2) is 16.8 Å². The molecule has 2 rings (SSSR count). The molecule has 0 amide bonds. The number of aromatic carboxylic acids is 1. The van der Waals surface area contributed by atoms with Crippen LogP contribution in [-0.2, 0) is 0 Å². The van der Waals surface area contributed by atoms with Crippen molar-refractivity contribution in [2.75, 3.05) is 5.75 Å². The summed E-state index contributed by atoms with van der Waals surface area (Å²) in [6.07, 6.45) is 0. The predicted octanol–water partition coefficient (Wildman–Crippen LogP) is 4.79. The molecule has 2 nitrogen and oxygen atoms in total. The molecule has 0 aliphatic heterocycles. The summed E-state index contributed by atoms with van der Waals surface area (Å²) in [7, 11) is 0. The van der Waals surface area contributed by atoms with Gasteiger partial charge in [-0.25, -0.2) is 9.18 Å². The van der Waals surface area contributed by atoms with Crippen LogP contribution in [0.5, 0.6) is 0 Å². The SMILES string of the molecule is CCSc1cccc(Sc2ccccc2F)c1C(=O)O. The minimum Gasteiger partial charge on any atom is -0.478 e. The molecule has 0 atom stereocenters. The highest BCUT2D eigenvalue weighted by molar-refractivity contribution is 8.00. The Kier molecular flexibility index (Phi) is 5.09. The van der Waals surface area contributed by atoms with Crippen molar-refractivity contribution in [3.8, 4) is 0 Å². The summed E-state index contributed by atoms with van der Waals surface area (Å²) in [6.45, 7) is 1.97. The number of benzene rings is 2. The van der Waals surface area contributed by atoms with E-state index in [0.717, 1.165) is 17.5 Å². The second-order valence-corrected chi connectivity index (χ2v) is 6.29. The van der Waals surface area contributed by atoms with Gasteiger partial charge in [0.05, 0.1) is 5.56 Å². The summed E-state index contributed by atoms with van der Waals surface area (Å²) < 4.78 is 13.7. The number of hydrogen-bond donors (Lipinski definition) is 1. The molecule has 2 aromatic carbocycles. The lowest BCUT2D eigenvalue weighted by Gasteiger charge is -2.10. The third kappa shape index (κ3) is 3.35. The molecule has 0 saturated carbocycles. The van der Waals surface area contributed by atoms with Crippen LogP contribution < -0.4 is 0 Å². The van der Waals surface area contributed by atoms with Gasteiger partial charge in [0.25, 0.3) is 0 Å². The summed E-state index contributed by atoms with van der Waals surface area (Å²) in [5, 5.41) is 9.40. The number of carboxylic acids is 1. The number of hydrogen-bond acceptors (Lipinski definition) is 3. The van der Waals surface area contributed by atoms with Crippen molar-refractivity contribution < 1.29 is 14.3 Å². The maximum atomic E-state index is 13.7. The maximum Gasteiger partial charge on any atom is 0.337 e. The Balaban J connectivity index is 2.44. The average molecular weight is 308 g/mol. The molecule has 0 aliphatic rings. The molecular formula is C15H13FO2S2. The van der Waals surface area contributed by atoms with E-state index >= 15 is 0 Å². The van der Waals surface area contributed by atoms with E-state index in [2.05, 4.69) is 0 Å². The molecule has 104 valence electrons. The highest BCUT2D eigenvalue weighted by Gasteiger charge is 2.17. The quantitative estimate of drug-likeness (QED) is 0.806. The highest BCUT2D eigenvalue weighted by atomic mass is 32.2. The fourth-order valence-electron chi connectivity index (χ4n) is 1.73. The van der Waals surface area contributed by atoms with E-state index in [1.807, 2.05) is 6.92 Å². The molecule has 5 heteroatoms. The smallest absolute Gasteiger partial charge is 0.337 e. The van der Waals surface area contributed by atoms with Crippen LogP contribution >= 0.6 is 23.5 Å². The van der Waals surface area contributed by atoms with Crippen molar-refractivity contribution in [2.45, 2.75) is 21.6 Å². The van der Waals surface area contributed by atoms with Gasteiger partial charge in [-0.3, -0.25) is 0 Å². The number of halogens is 1. The first-order chi connectivity index (χ1) is 9.63. The van der Waals surface area contributed by atoms with E-state index < -0.39 is 5.97 Å². The molecule has 0 saturated heterocycles. The minimum absolute atomic E-state index is 0.243. The molecule has 20 heavy (non-hydrogen) atoms. The first-order valence-corrected chi connectivity index (χ1v) is 7.85. The van der Waals surface area contributed by atoms with Crippen LogP contribution in [0.3, 0.4) is 0 Å². The zero-order valence-corrected chi connectivity index (χ0v) is 12.4. The largest absolute Gasteiger partial charge is 0.478 e. The van der Waals surface area contributed by atoms with Gasteiger partial charge in [-0.2, -0.15) is 0 Å². The molecular weight excluding hydrogens is 295 g/mol. The molecule has 0 radical (unpaired) electrons. The molecule has 0 spiro atoms. The van der Waals surface area contributed by atoms with Crippen molar-refractivity contribution >= 4 is 29.5 Å². The van der Waals surface area contributed by atoms with Crippen LogP contribution in [0, 0.1) is 5.82 Å². The van der Waals surface area contributed by atoms with E-state index in [1.165, 1.54) is 17.8 Å². The molecule has 2 aromatic rings. The molecule has 0 aromatic heterocycles. The van der Waals surface area contributed by atoms with Gasteiger partial charge in [0.2, 0.25) is 0 Å². The first-order valence-electron chi connectivity index (χ1n) is 6.05. The number of carboxylic acid groups (broad SMARTS) is 1. The predicted molar refractivity (Wildman–Crippen MR) is 80.3 cm³/mol. The van der Waals surface area contributed by atoms with Gasteiger partial charge in [0, 0.05) is 14.7 Å². The van der Waals surface area contributed by atoms with Gasteiger partial charge in [-0.15, -0.1) is 11.8 Å². The summed E-state index contributed by atoms with van der Waals surface area (Å²) in [5.41, 5.74) is 0.243. The zero-order chi connectivity index (χ0) is 14.5. The summed E-state index contributed by atoms with van der Waals surface area (Å²) >= 11 is 2.61. The fourth-order valence-corrected chi connectivity index (χ4v) is 3.62. The topological polar surface area (TPSA) is 37.3 Å². The van der Waals surface area contributed by atoms with E-state index in [1.54, 1.807) is 36.4 Å². The van der Waals surface area contributed by atoms with Crippen molar-refractivity contribution in [2.24, 2.45) is 0 Å². The van der Waals surface area contributed by atoms with Crippen LogP contribution in [0.1, 0.15) is 17.3 Å². The zero-order valence-electron chi connectivity index (χ0n) is 10.8. The fraction of sp³-hybridized carbons (Fsp3) is 0.133. The number of rotatable bonds is 5. The van der Waals surface area contributed by atoms with E-state index in [9.17, 15) is 14.3 Å². The average Bonchev–Trinajstić information content (AvgIpc) is 2.41. The Morgan fingerprint density at radius 3 is 2.40 bits per heavy atom. The molecule has 0 bridgehead atoms. The molecule has 0 heterocycles. The van der Waals surface area contributed by atoms with E-state index in [0.29, 0.717) is 14.7 Å². The summed E-state index contributed by atoms with van der Waals surface area (Å²) in [5.74, 6) is -0.545. The van der Waals surface area contributed by atoms with Gasteiger partial charge in [-0.1, -0.05) is 36.9 Å². The Morgan fingerprint density at radius 2 is 1.75 bits per heavy atom. The molecule has 0 fully saturated rings. The maximum absolute atomic E-state index is 13.7. The Hall–Kier alpha value is -1.46. The molecule has 0 unspecified atom stereocenters. The lowest BCUT2D eigenvalue weighted by Crippen LogP contribution is -2.01.